The van der Waals surface area contributed by atoms with Gasteiger partial charge in [0.25, 0.3) is 11.8 Å². The lowest BCUT2D eigenvalue weighted by atomic mass is 10.1. The van der Waals surface area contributed by atoms with Crippen molar-refractivity contribution in [2.45, 2.75) is 32.7 Å². The number of nitrogens with one attached hydrogen (secondary N) is 2. The van der Waals surface area contributed by atoms with E-state index in [1.54, 1.807) is 31.3 Å². The number of hydrogen-bond acceptors (Lipinski definition) is 6. The van der Waals surface area contributed by atoms with Crippen LogP contribution in [0.5, 0.6) is 11.5 Å². The van der Waals surface area contributed by atoms with E-state index in [0.29, 0.717) is 12.0 Å². The number of fused-ring (bicyclic) bond motifs is 1. The lowest BCUT2D eigenvalue weighted by Crippen LogP contribution is -2.48. The van der Waals surface area contributed by atoms with Gasteiger partial charge in [0.05, 0.1) is 11.1 Å². The maximum atomic E-state index is 13.1. The quantitative estimate of drug-likeness (QED) is 0.497. The van der Waals surface area contributed by atoms with E-state index < -0.39 is 23.8 Å². The Morgan fingerprint density at radius 1 is 1.06 bits per heavy atom. The highest BCUT2D eigenvalue weighted by molar-refractivity contribution is 6.24. The van der Waals surface area contributed by atoms with Gasteiger partial charge < -0.3 is 20.2 Å². The van der Waals surface area contributed by atoms with E-state index >= 15 is 0 Å². The molecule has 3 amide bonds. The predicted octanol–water partition coefficient (Wildman–Crippen LogP) is 3.24. The molecule has 0 aromatic heterocycles. The number of anilines is 1. The number of carbonyl (C=O) groups is 4. The molecule has 2 aromatic rings. The number of likely N-dealkylation sites (N-methyl/N-ethyl adjacent to an activating group) is 1. The second-order valence-corrected chi connectivity index (χ2v) is 6.41. The van der Waals surface area contributed by atoms with Crippen LogP contribution in [0.15, 0.2) is 42.5 Å². The molecule has 2 aromatic carbocycles. The number of hydrogen-bond donors (Lipinski definition) is 2. The van der Waals surface area contributed by atoms with Crippen LogP contribution in [0.4, 0.5) is 5.69 Å². The van der Waals surface area contributed by atoms with Crippen molar-refractivity contribution in [3.05, 3.63) is 53.6 Å². The molecule has 0 radical (unpaired) electrons. The normalized spacial score (nSPS) is 13.0. The van der Waals surface area contributed by atoms with E-state index in [0.717, 1.165) is 10.6 Å². The van der Waals surface area contributed by atoms with Crippen molar-refractivity contribution in [1.82, 2.24) is 10.2 Å². The topological polar surface area (TPSA) is 105 Å². The van der Waals surface area contributed by atoms with E-state index in [4.69, 9.17) is 4.74 Å². The van der Waals surface area contributed by atoms with Crippen LogP contribution in [0.2, 0.25) is 0 Å². The molecule has 0 aliphatic carbocycles. The maximum absolute atomic E-state index is 13.1. The largest absolute Gasteiger partial charge is 0.457 e. The Balaban J connectivity index is 0.00000166. The molecule has 0 spiro atoms. The minimum Gasteiger partial charge on any atom is -0.457 e. The van der Waals surface area contributed by atoms with Gasteiger partial charge in [-0.05, 0) is 42.8 Å². The zero-order valence-electron chi connectivity index (χ0n) is 18.1. The van der Waals surface area contributed by atoms with Gasteiger partial charge in [-0.3, -0.25) is 19.3 Å². The average molecular weight is 425 g/mol. The van der Waals surface area contributed by atoms with Crippen LogP contribution in [0.1, 0.15) is 47.4 Å². The van der Waals surface area contributed by atoms with Gasteiger partial charge in [0.2, 0.25) is 5.91 Å². The molecule has 1 heterocycles. The number of nitrogens with zero attached hydrogens (tertiary/aromatic N) is 1. The summed E-state index contributed by atoms with van der Waals surface area (Å²) in [6, 6.07) is 10.8. The van der Waals surface area contributed by atoms with Crippen LogP contribution in [-0.4, -0.2) is 49.0 Å². The molecule has 0 saturated heterocycles. The fourth-order valence-corrected chi connectivity index (χ4v) is 3.23. The summed E-state index contributed by atoms with van der Waals surface area (Å²) >= 11 is 0. The first-order chi connectivity index (χ1) is 15.0. The molecule has 1 atom stereocenters. The molecule has 1 unspecified atom stereocenters. The molecule has 164 valence electrons. The van der Waals surface area contributed by atoms with Crippen molar-refractivity contribution in [3.63, 3.8) is 0 Å². The van der Waals surface area contributed by atoms with Crippen molar-refractivity contribution in [1.29, 1.82) is 0 Å². The molecule has 0 bridgehead atoms. The third-order valence-electron chi connectivity index (χ3n) is 4.70. The summed E-state index contributed by atoms with van der Waals surface area (Å²) in [4.78, 5) is 49.9. The molecular formula is C23H27N3O5. The number of ether oxygens (including phenoxy) is 1. The fourth-order valence-electron chi connectivity index (χ4n) is 3.23. The summed E-state index contributed by atoms with van der Waals surface area (Å²) in [6.45, 7) is 4.00. The zero-order chi connectivity index (χ0) is 23.0. The van der Waals surface area contributed by atoms with E-state index in [2.05, 4.69) is 10.6 Å². The van der Waals surface area contributed by atoms with Gasteiger partial charge in [0.1, 0.15) is 23.8 Å². The Morgan fingerprint density at radius 2 is 1.74 bits per heavy atom. The van der Waals surface area contributed by atoms with Gasteiger partial charge in [-0.15, -0.1) is 0 Å². The van der Waals surface area contributed by atoms with E-state index in [-0.39, 0.29) is 29.7 Å². The summed E-state index contributed by atoms with van der Waals surface area (Å²) in [6.07, 6.45) is 0.750. The SMILES string of the molecule is CC.CNC(=O)C(CCC=O)N1C(=O)c2cccc(Oc3ccc(NC)cc3)c2C1=O. The first kappa shape index (κ1) is 23.6. The highest BCUT2D eigenvalue weighted by Crippen LogP contribution is 2.35. The highest BCUT2D eigenvalue weighted by Gasteiger charge is 2.44. The first-order valence-electron chi connectivity index (χ1n) is 10.1. The molecule has 2 N–H and O–H groups in total. The lowest BCUT2D eigenvalue weighted by Gasteiger charge is -2.24. The number of amides is 3. The van der Waals surface area contributed by atoms with Crippen molar-refractivity contribution in [3.8, 4) is 11.5 Å². The van der Waals surface area contributed by atoms with Crippen molar-refractivity contribution < 1.29 is 23.9 Å². The van der Waals surface area contributed by atoms with Crippen LogP contribution < -0.4 is 15.4 Å². The van der Waals surface area contributed by atoms with Gasteiger partial charge in [0, 0.05) is 26.2 Å². The Labute approximate surface area is 181 Å². The summed E-state index contributed by atoms with van der Waals surface area (Å²) in [5, 5.41) is 5.45. The van der Waals surface area contributed by atoms with Gasteiger partial charge >= 0.3 is 0 Å². The summed E-state index contributed by atoms with van der Waals surface area (Å²) < 4.78 is 5.85. The Morgan fingerprint density at radius 3 is 2.32 bits per heavy atom. The number of rotatable bonds is 8. The van der Waals surface area contributed by atoms with E-state index in [1.165, 1.54) is 13.1 Å². The minimum absolute atomic E-state index is 0.0483. The van der Waals surface area contributed by atoms with Gasteiger partial charge in [-0.25, -0.2) is 0 Å². The Bertz CT molecular complexity index is 956. The van der Waals surface area contributed by atoms with Crippen molar-refractivity contribution in [2.75, 3.05) is 19.4 Å². The number of carbonyl (C=O) groups excluding carboxylic acids is 4. The van der Waals surface area contributed by atoms with Gasteiger partial charge in [-0.1, -0.05) is 19.9 Å². The lowest BCUT2D eigenvalue weighted by molar-refractivity contribution is -0.124. The summed E-state index contributed by atoms with van der Waals surface area (Å²) in [7, 11) is 3.21. The smallest absolute Gasteiger partial charge is 0.266 e. The third-order valence-corrected chi connectivity index (χ3v) is 4.70. The number of imide groups is 1. The second-order valence-electron chi connectivity index (χ2n) is 6.41. The molecule has 8 heteroatoms. The average Bonchev–Trinajstić information content (AvgIpc) is 3.07. The molecular weight excluding hydrogens is 398 g/mol. The third kappa shape index (κ3) is 4.91. The molecule has 1 aliphatic rings. The van der Waals surface area contributed by atoms with Gasteiger partial charge in [0.15, 0.2) is 0 Å². The van der Waals surface area contributed by atoms with Gasteiger partial charge in [-0.2, -0.15) is 0 Å². The predicted molar refractivity (Wildman–Crippen MR) is 118 cm³/mol. The maximum Gasteiger partial charge on any atom is 0.266 e. The second kappa shape index (κ2) is 10.9. The summed E-state index contributed by atoms with van der Waals surface area (Å²) in [5.74, 6) is -0.981. The minimum atomic E-state index is -1.07. The van der Waals surface area contributed by atoms with Crippen LogP contribution in [0.25, 0.3) is 0 Å². The molecule has 8 nitrogen and oxygen atoms in total. The molecule has 3 rings (SSSR count). The Hall–Kier alpha value is -3.68. The standard InChI is InChI=1S/C21H21N3O5.C2H6/c1-22-13-8-10-14(11-9-13)29-17-7-3-5-15-18(17)21(28)24(20(15)27)16(6-4-12-25)19(26)23-2;1-2/h3,5,7-12,16,22H,4,6H2,1-2H3,(H,23,26);1-2H3. The highest BCUT2D eigenvalue weighted by atomic mass is 16.5. The molecule has 0 saturated carbocycles. The monoisotopic (exact) mass is 425 g/mol. The Kier molecular flexibility index (Phi) is 8.31. The molecule has 0 fully saturated rings. The fraction of sp³-hybridized carbons (Fsp3) is 0.304. The summed E-state index contributed by atoms with van der Waals surface area (Å²) in [5.41, 5.74) is 1.17. The number of aldehydes is 1. The van der Waals surface area contributed by atoms with Crippen LogP contribution in [0.3, 0.4) is 0 Å². The molecule has 31 heavy (non-hydrogen) atoms. The van der Waals surface area contributed by atoms with E-state index in [9.17, 15) is 19.2 Å². The zero-order valence-corrected chi connectivity index (χ0v) is 18.1. The number of benzene rings is 2. The van der Waals surface area contributed by atoms with Crippen molar-refractivity contribution in [2.24, 2.45) is 0 Å². The first-order valence-corrected chi connectivity index (χ1v) is 10.1. The van der Waals surface area contributed by atoms with Crippen molar-refractivity contribution >= 4 is 29.7 Å². The van der Waals surface area contributed by atoms with Crippen LogP contribution in [-0.2, 0) is 9.59 Å². The molecule has 1 aliphatic heterocycles. The van der Waals surface area contributed by atoms with Crippen LogP contribution in [0, 0.1) is 0 Å². The van der Waals surface area contributed by atoms with Crippen LogP contribution >= 0.6 is 0 Å². The van der Waals surface area contributed by atoms with E-state index in [1.807, 2.05) is 26.0 Å².